The van der Waals surface area contributed by atoms with Crippen LogP contribution in [0.25, 0.3) is 0 Å². The molecule has 30 heavy (non-hydrogen) atoms. The second kappa shape index (κ2) is 10.7. The van der Waals surface area contributed by atoms with Gasteiger partial charge in [-0.05, 0) is 43.2 Å². The number of methoxy groups -OCH3 is 1. The predicted molar refractivity (Wildman–Crippen MR) is 117 cm³/mol. The van der Waals surface area contributed by atoms with E-state index in [1.807, 2.05) is 13.0 Å². The lowest BCUT2D eigenvalue weighted by atomic mass is 10.1. The van der Waals surface area contributed by atoms with Crippen LogP contribution in [-0.4, -0.2) is 44.0 Å². The monoisotopic (exact) mass is 413 g/mol. The summed E-state index contributed by atoms with van der Waals surface area (Å²) < 4.78 is 16.7. The molecule has 0 radical (unpaired) electrons. The van der Waals surface area contributed by atoms with Gasteiger partial charge in [-0.1, -0.05) is 18.2 Å². The zero-order valence-corrected chi connectivity index (χ0v) is 17.9. The number of benzene rings is 2. The third kappa shape index (κ3) is 6.03. The number of guanidine groups is 1. The van der Waals surface area contributed by atoms with Gasteiger partial charge >= 0.3 is 0 Å². The summed E-state index contributed by atoms with van der Waals surface area (Å²) in [6.07, 6.45) is 1.02. The van der Waals surface area contributed by atoms with Gasteiger partial charge in [0.05, 0.1) is 26.9 Å². The van der Waals surface area contributed by atoms with Crippen molar-refractivity contribution in [2.45, 2.75) is 39.5 Å². The summed E-state index contributed by atoms with van der Waals surface area (Å²) in [5, 5.41) is 16.6. The van der Waals surface area contributed by atoms with Crippen molar-refractivity contribution in [2.24, 2.45) is 4.99 Å². The summed E-state index contributed by atoms with van der Waals surface area (Å²) in [4.78, 5) is 4.63. The van der Waals surface area contributed by atoms with Crippen LogP contribution in [0.2, 0.25) is 0 Å². The number of phenols is 1. The van der Waals surface area contributed by atoms with Crippen LogP contribution >= 0.6 is 0 Å². The first-order valence-corrected chi connectivity index (χ1v) is 10.3. The number of aromatic hydroxyl groups is 1. The third-order valence-electron chi connectivity index (χ3n) is 4.86. The summed E-state index contributed by atoms with van der Waals surface area (Å²) in [7, 11) is 1.53. The number of ether oxygens (including phenoxy) is 3. The van der Waals surface area contributed by atoms with Crippen LogP contribution in [-0.2, 0) is 17.8 Å². The number of aliphatic imine (C=N–C) groups is 1. The lowest BCUT2D eigenvalue weighted by Gasteiger charge is -2.18. The van der Waals surface area contributed by atoms with Crippen LogP contribution in [0.3, 0.4) is 0 Å². The van der Waals surface area contributed by atoms with E-state index in [1.165, 1.54) is 7.11 Å². The summed E-state index contributed by atoms with van der Waals surface area (Å²) in [6, 6.07) is 11.5. The van der Waals surface area contributed by atoms with Gasteiger partial charge in [-0.2, -0.15) is 0 Å². The number of aryl methyl sites for hydroxylation is 1. The second-order valence-corrected chi connectivity index (χ2v) is 7.27. The molecule has 0 saturated carbocycles. The third-order valence-corrected chi connectivity index (χ3v) is 4.86. The summed E-state index contributed by atoms with van der Waals surface area (Å²) >= 11 is 0. The molecule has 3 N–H and O–H groups in total. The van der Waals surface area contributed by atoms with E-state index >= 15 is 0 Å². The standard InChI is InChI=1S/C23H31N3O4/c1-4-24-23(25-13-17-6-8-21(28-3)20(27)12-17)26-14-18-7-5-16(2)11-22(18)30-19-9-10-29-15-19/h5-8,11-12,19,27H,4,9-10,13-15H2,1-3H3,(H2,24,25,26). The fourth-order valence-corrected chi connectivity index (χ4v) is 3.23. The van der Waals surface area contributed by atoms with Crippen molar-refractivity contribution in [1.29, 1.82) is 0 Å². The van der Waals surface area contributed by atoms with Crippen molar-refractivity contribution in [2.75, 3.05) is 26.9 Å². The SMILES string of the molecule is CCNC(=NCc1ccc(OC)c(O)c1)NCc1ccc(C)cc1OC1CCOC1. The Morgan fingerprint density at radius 3 is 2.77 bits per heavy atom. The van der Waals surface area contributed by atoms with Crippen LogP contribution in [0, 0.1) is 6.92 Å². The van der Waals surface area contributed by atoms with Gasteiger partial charge in [-0.3, -0.25) is 0 Å². The maximum Gasteiger partial charge on any atom is 0.191 e. The number of rotatable bonds is 8. The van der Waals surface area contributed by atoms with Crippen LogP contribution < -0.4 is 20.1 Å². The Morgan fingerprint density at radius 2 is 2.07 bits per heavy atom. The molecule has 2 aromatic carbocycles. The highest BCUT2D eigenvalue weighted by Gasteiger charge is 2.18. The lowest BCUT2D eigenvalue weighted by molar-refractivity contribution is 0.140. The molecule has 7 heteroatoms. The van der Waals surface area contributed by atoms with Crippen molar-refractivity contribution in [1.82, 2.24) is 10.6 Å². The predicted octanol–water partition coefficient (Wildman–Crippen LogP) is 3.13. The largest absolute Gasteiger partial charge is 0.504 e. The van der Waals surface area contributed by atoms with Gasteiger partial charge < -0.3 is 30.0 Å². The van der Waals surface area contributed by atoms with Crippen LogP contribution in [0.4, 0.5) is 0 Å². The molecule has 0 aliphatic carbocycles. The van der Waals surface area contributed by atoms with Crippen LogP contribution in [0.1, 0.15) is 30.0 Å². The van der Waals surface area contributed by atoms with Gasteiger partial charge in [0.15, 0.2) is 17.5 Å². The van der Waals surface area contributed by atoms with Crippen molar-refractivity contribution >= 4 is 5.96 Å². The quantitative estimate of drug-likeness (QED) is 0.456. The van der Waals surface area contributed by atoms with Gasteiger partial charge in [0.2, 0.25) is 0 Å². The highest BCUT2D eigenvalue weighted by Crippen LogP contribution is 2.26. The molecule has 1 atom stereocenters. The first-order valence-electron chi connectivity index (χ1n) is 10.3. The first-order chi connectivity index (χ1) is 14.6. The molecule has 0 bridgehead atoms. The molecule has 1 aliphatic rings. The molecular weight excluding hydrogens is 382 g/mol. The molecular formula is C23H31N3O4. The van der Waals surface area contributed by atoms with Crippen molar-refractivity contribution in [3.8, 4) is 17.2 Å². The Labute approximate surface area is 178 Å². The number of hydrogen-bond donors (Lipinski definition) is 3. The van der Waals surface area contributed by atoms with Gasteiger partial charge in [0.1, 0.15) is 11.9 Å². The molecule has 0 amide bonds. The molecule has 1 saturated heterocycles. The molecule has 1 fully saturated rings. The minimum atomic E-state index is 0.107. The molecule has 0 aromatic heterocycles. The summed E-state index contributed by atoms with van der Waals surface area (Å²) in [5.41, 5.74) is 3.12. The summed E-state index contributed by atoms with van der Waals surface area (Å²) in [6.45, 7) is 7.24. The molecule has 3 rings (SSSR count). The maximum absolute atomic E-state index is 9.95. The number of hydrogen-bond acceptors (Lipinski definition) is 5. The fourth-order valence-electron chi connectivity index (χ4n) is 3.23. The molecule has 1 unspecified atom stereocenters. The number of nitrogens with zero attached hydrogens (tertiary/aromatic N) is 1. The van der Waals surface area contributed by atoms with Crippen molar-refractivity contribution < 1.29 is 19.3 Å². The van der Waals surface area contributed by atoms with Gasteiger partial charge in [0, 0.05) is 25.1 Å². The lowest BCUT2D eigenvalue weighted by Crippen LogP contribution is -2.37. The van der Waals surface area contributed by atoms with E-state index in [9.17, 15) is 5.11 Å². The first kappa shape index (κ1) is 21.8. The minimum Gasteiger partial charge on any atom is -0.504 e. The van der Waals surface area contributed by atoms with E-state index in [0.29, 0.717) is 31.4 Å². The zero-order valence-electron chi connectivity index (χ0n) is 17.9. The number of phenolic OH excluding ortho intramolecular Hbond substituents is 1. The zero-order chi connectivity index (χ0) is 21.3. The van der Waals surface area contributed by atoms with Crippen LogP contribution in [0.15, 0.2) is 41.4 Å². The minimum absolute atomic E-state index is 0.107. The van der Waals surface area contributed by atoms with Gasteiger partial charge in [-0.25, -0.2) is 4.99 Å². The molecule has 162 valence electrons. The Morgan fingerprint density at radius 1 is 1.20 bits per heavy atom. The Balaban J connectivity index is 1.66. The van der Waals surface area contributed by atoms with E-state index in [1.54, 1.807) is 12.1 Å². The average molecular weight is 414 g/mol. The second-order valence-electron chi connectivity index (χ2n) is 7.27. The molecule has 7 nitrogen and oxygen atoms in total. The highest BCUT2D eigenvalue weighted by atomic mass is 16.5. The van der Waals surface area contributed by atoms with Crippen molar-refractivity contribution in [3.63, 3.8) is 0 Å². The molecule has 0 spiro atoms. The van der Waals surface area contributed by atoms with E-state index in [-0.39, 0.29) is 11.9 Å². The summed E-state index contributed by atoms with van der Waals surface area (Å²) in [5.74, 6) is 2.14. The molecule has 1 aliphatic heterocycles. The Hall–Kier alpha value is -2.93. The fraction of sp³-hybridized carbons (Fsp3) is 0.435. The van der Waals surface area contributed by atoms with Gasteiger partial charge in [0.25, 0.3) is 0 Å². The van der Waals surface area contributed by atoms with E-state index in [4.69, 9.17) is 14.2 Å². The Kier molecular flexibility index (Phi) is 7.79. The number of nitrogens with one attached hydrogen (secondary N) is 2. The van der Waals surface area contributed by atoms with Gasteiger partial charge in [-0.15, -0.1) is 0 Å². The van der Waals surface area contributed by atoms with Crippen molar-refractivity contribution in [3.05, 3.63) is 53.1 Å². The highest BCUT2D eigenvalue weighted by molar-refractivity contribution is 5.79. The van der Waals surface area contributed by atoms with E-state index in [2.05, 4.69) is 40.7 Å². The van der Waals surface area contributed by atoms with Crippen LogP contribution in [0.5, 0.6) is 17.2 Å². The average Bonchev–Trinajstić information content (AvgIpc) is 3.24. The maximum atomic E-state index is 9.95. The Bertz CT molecular complexity index is 864. The van der Waals surface area contributed by atoms with E-state index in [0.717, 1.165) is 42.0 Å². The molecule has 1 heterocycles. The topological polar surface area (TPSA) is 84.3 Å². The molecule has 2 aromatic rings. The van der Waals surface area contributed by atoms with E-state index < -0.39 is 0 Å². The normalized spacial score (nSPS) is 16.4. The smallest absolute Gasteiger partial charge is 0.191 e.